The van der Waals surface area contributed by atoms with Gasteiger partial charge < -0.3 is 14.7 Å². The number of β-amino-alcohol motifs (C(OH)–C–C–N with tert-alkyl or cyclic N) is 1. The van der Waals surface area contributed by atoms with Crippen LogP contribution in [-0.4, -0.2) is 58.8 Å². The molecular formula is C18H35NO3S2. The minimum Gasteiger partial charge on any atom is -0.391 e. The summed E-state index contributed by atoms with van der Waals surface area (Å²) in [6.45, 7) is 9.50. The molecule has 0 unspecified atom stereocenters. The average molecular weight is 378 g/mol. The van der Waals surface area contributed by atoms with Crippen molar-refractivity contribution in [3.63, 3.8) is 0 Å². The van der Waals surface area contributed by atoms with Gasteiger partial charge in [0.05, 0.1) is 24.9 Å². The highest BCUT2D eigenvalue weighted by atomic mass is 33.1. The molecule has 0 bridgehead atoms. The van der Waals surface area contributed by atoms with E-state index in [1.807, 2.05) is 40.3 Å². The van der Waals surface area contributed by atoms with Crippen molar-refractivity contribution >= 4 is 27.5 Å². The highest BCUT2D eigenvalue weighted by molar-refractivity contribution is 8.76. The fraction of sp³-hybridized carbons (Fsp3) is 0.944. The van der Waals surface area contributed by atoms with Crippen LogP contribution in [0, 0.1) is 5.92 Å². The summed E-state index contributed by atoms with van der Waals surface area (Å²) in [5.74, 6) is 3.16. The van der Waals surface area contributed by atoms with Crippen molar-refractivity contribution in [2.45, 2.75) is 78.0 Å². The lowest BCUT2D eigenvalue weighted by molar-refractivity contribution is -0.133. The number of rotatable bonds is 12. The second-order valence-corrected chi connectivity index (χ2v) is 9.96. The highest BCUT2D eigenvalue weighted by Gasteiger charge is 2.34. The number of likely N-dealkylation sites (tertiary alicyclic amines) is 1. The Kier molecular flexibility index (Phi) is 11.5. The smallest absolute Gasteiger partial charge is 0.223 e. The molecule has 1 heterocycles. The highest BCUT2D eigenvalue weighted by Crippen LogP contribution is 2.25. The lowest BCUT2D eigenvalue weighted by Gasteiger charge is -2.25. The first-order valence-electron chi connectivity index (χ1n) is 9.23. The molecule has 142 valence electrons. The molecule has 0 spiro atoms. The predicted octanol–water partition coefficient (Wildman–Crippen LogP) is 3.97. The Labute approximate surface area is 155 Å². The Balaban J connectivity index is 2.14. The van der Waals surface area contributed by atoms with Crippen molar-refractivity contribution in [2.24, 2.45) is 5.92 Å². The van der Waals surface area contributed by atoms with Crippen molar-refractivity contribution < 1.29 is 14.6 Å². The molecule has 1 N–H and O–H groups in total. The zero-order chi connectivity index (χ0) is 17.9. The van der Waals surface area contributed by atoms with Gasteiger partial charge in [-0.15, -0.1) is 0 Å². The number of hydrogen-bond donors (Lipinski definition) is 1. The van der Waals surface area contributed by atoms with Crippen molar-refractivity contribution in [1.82, 2.24) is 4.90 Å². The fourth-order valence-electron chi connectivity index (χ4n) is 2.75. The van der Waals surface area contributed by atoms with E-state index in [0.29, 0.717) is 26.0 Å². The normalized spacial score (nSPS) is 21.2. The lowest BCUT2D eigenvalue weighted by atomic mass is 10.1. The van der Waals surface area contributed by atoms with Crippen LogP contribution in [0.3, 0.4) is 0 Å². The van der Waals surface area contributed by atoms with Crippen LogP contribution >= 0.6 is 21.6 Å². The molecule has 0 aromatic carbocycles. The van der Waals surface area contributed by atoms with Crippen LogP contribution in [0.15, 0.2) is 0 Å². The standard InChI is InChI=1S/C18H35NO3S2/c1-14(2)7-5-9-23-24-10-6-8-18(21)19-12-17(20)11-16(19)13-22-15(3)4/h14-17,20H,5-13H2,1-4H3/t16-,17-/m0/s1. The number of amides is 1. The molecule has 1 aliphatic heterocycles. The summed E-state index contributed by atoms with van der Waals surface area (Å²) in [6.07, 6.45) is 4.44. The van der Waals surface area contributed by atoms with Gasteiger partial charge in [0.1, 0.15) is 0 Å². The van der Waals surface area contributed by atoms with Crippen molar-refractivity contribution in [1.29, 1.82) is 0 Å². The van der Waals surface area contributed by atoms with Gasteiger partial charge >= 0.3 is 0 Å². The van der Waals surface area contributed by atoms with E-state index in [-0.39, 0.29) is 18.1 Å². The zero-order valence-electron chi connectivity index (χ0n) is 15.7. The molecule has 0 aromatic rings. The first-order chi connectivity index (χ1) is 11.4. The summed E-state index contributed by atoms with van der Waals surface area (Å²) in [6, 6.07) is 0.0351. The van der Waals surface area contributed by atoms with Crippen LogP contribution in [0.5, 0.6) is 0 Å². The van der Waals surface area contributed by atoms with E-state index in [4.69, 9.17) is 4.74 Å². The van der Waals surface area contributed by atoms with Crippen LogP contribution in [0.2, 0.25) is 0 Å². The molecule has 2 atom stereocenters. The van der Waals surface area contributed by atoms with Crippen LogP contribution in [0.1, 0.15) is 59.8 Å². The first kappa shape index (κ1) is 22.1. The van der Waals surface area contributed by atoms with Gasteiger partial charge in [-0.1, -0.05) is 41.9 Å². The van der Waals surface area contributed by atoms with E-state index in [9.17, 15) is 9.90 Å². The number of aliphatic hydroxyl groups excluding tert-OH is 1. The van der Waals surface area contributed by atoms with Crippen LogP contribution in [0.4, 0.5) is 0 Å². The molecule has 1 fully saturated rings. The molecule has 1 aliphatic rings. The molecule has 4 nitrogen and oxygen atoms in total. The largest absolute Gasteiger partial charge is 0.391 e. The molecule has 1 amide bonds. The van der Waals surface area contributed by atoms with E-state index in [2.05, 4.69) is 13.8 Å². The zero-order valence-corrected chi connectivity index (χ0v) is 17.3. The molecule has 1 saturated heterocycles. The van der Waals surface area contributed by atoms with E-state index >= 15 is 0 Å². The van der Waals surface area contributed by atoms with Gasteiger partial charge in [0.25, 0.3) is 0 Å². The summed E-state index contributed by atoms with van der Waals surface area (Å²) >= 11 is 0. The molecule has 0 saturated carbocycles. The van der Waals surface area contributed by atoms with Gasteiger partial charge in [0, 0.05) is 24.5 Å². The van der Waals surface area contributed by atoms with Crippen molar-refractivity contribution in [2.75, 3.05) is 24.7 Å². The van der Waals surface area contributed by atoms with Crippen LogP contribution < -0.4 is 0 Å². The lowest BCUT2D eigenvalue weighted by Crippen LogP contribution is -2.39. The Morgan fingerprint density at radius 2 is 1.88 bits per heavy atom. The number of ether oxygens (including phenoxy) is 1. The summed E-state index contributed by atoms with van der Waals surface area (Å²) in [5.41, 5.74) is 0. The van der Waals surface area contributed by atoms with E-state index < -0.39 is 6.10 Å². The maximum absolute atomic E-state index is 12.4. The van der Waals surface area contributed by atoms with Gasteiger partial charge in [0.2, 0.25) is 5.91 Å². The van der Waals surface area contributed by atoms with Crippen LogP contribution in [-0.2, 0) is 9.53 Å². The second-order valence-electron chi connectivity index (χ2n) is 7.26. The second kappa shape index (κ2) is 12.4. The van der Waals surface area contributed by atoms with E-state index in [1.165, 1.54) is 18.6 Å². The molecule has 24 heavy (non-hydrogen) atoms. The third kappa shape index (κ3) is 9.54. The molecule has 0 aromatic heterocycles. The third-order valence-corrected chi connectivity index (χ3v) is 6.62. The van der Waals surface area contributed by atoms with Gasteiger partial charge in [-0.05, 0) is 39.0 Å². The summed E-state index contributed by atoms with van der Waals surface area (Å²) in [4.78, 5) is 14.2. The van der Waals surface area contributed by atoms with Gasteiger partial charge in [-0.3, -0.25) is 4.79 Å². The Morgan fingerprint density at radius 3 is 2.50 bits per heavy atom. The number of nitrogens with zero attached hydrogens (tertiary/aromatic N) is 1. The minimum absolute atomic E-state index is 0.0351. The predicted molar refractivity (Wildman–Crippen MR) is 105 cm³/mol. The molecular weight excluding hydrogens is 342 g/mol. The van der Waals surface area contributed by atoms with Crippen molar-refractivity contribution in [3.8, 4) is 0 Å². The van der Waals surface area contributed by atoms with E-state index in [0.717, 1.165) is 18.1 Å². The summed E-state index contributed by atoms with van der Waals surface area (Å²) in [7, 11) is 3.80. The van der Waals surface area contributed by atoms with Gasteiger partial charge in [-0.2, -0.15) is 0 Å². The maximum atomic E-state index is 12.4. The average Bonchev–Trinajstić information content (AvgIpc) is 2.88. The number of carbonyl (C=O) groups is 1. The van der Waals surface area contributed by atoms with Gasteiger partial charge in [-0.25, -0.2) is 0 Å². The minimum atomic E-state index is -0.402. The molecule has 6 heteroatoms. The Hall–Kier alpha value is 0.0900. The molecule has 1 rings (SSSR count). The maximum Gasteiger partial charge on any atom is 0.223 e. The fourth-order valence-corrected chi connectivity index (χ4v) is 4.95. The van der Waals surface area contributed by atoms with Crippen molar-refractivity contribution in [3.05, 3.63) is 0 Å². The monoisotopic (exact) mass is 377 g/mol. The number of hydrogen-bond acceptors (Lipinski definition) is 5. The van der Waals surface area contributed by atoms with Gasteiger partial charge in [0.15, 0.2) is 0 Å². The molecule has 0 radical (unpaired) electrons. The molecule has 0 aliphatic carbocycles. The summed E-state index contributed by atoms with van der Waals surface area (Å²) in [5, 5.41) is 9.86. The Morgan fingerprint density at radius 1 is 1.21 bits per heavy atom. The summed E-state index contributed by atoms with van der Waals surface area (Å²) < 4.78 is 5.64. The third-order valence-electron chi connectivity index (χ3n) is 4.05. The van der Waals surface area contributed by atoms with Crippen LogP contribution in [0.25, 0.3) is 0 Å². The Bertz CT molecular complexity index is 353. The number of carbonyl (C=O) groups excluding carboxylic acids is 1. The van der Waals surface area contributed by atoms with E-state index in [1.54, 1.807) is 0 Å². The SMILES string of the molecule is CC(C)CCCSSCCCC(=O)N1C[C@@H](O)C[C@H]1COC(C)C. The quantitative estimate of drug-likeness (QED) is 0.412. The first-order valence-corrected chi connectivity index (χ1v) is 11.7. The number of aliphatic hydroxyl groups is 1. The topological polar surface area (TPSA) is 49.8 Å².